The molecule has 0 aliphatic heterocycles. The van der Waals surface area contributed by atoms with Gasteiger partial charge in [-0.25, -0.2) is 4.98 Å². The van der Waals surface area contributed by atoms with Crippen LogP contribution in [0.25, 0.3) is 47.8 Å². The van der Waals surface area contributed by atoms with Crippen molar-refractivity contribution in [2.45, 2.75) is 0 Å². The van der Waals surface area contributed by atoms with Crippen molar-refractivity contribution in [1.82, 2.24) is 9.55 Å². The largest absolute Gasteiger partial charge is 0.497 e. The summed E-state index contributed by atoms with van der Waals surface area (Å²) in [4.78, 5) is 4.63. The maximum Gasteiger partial charge on any atom is 0.137 e. The molecule has 0 atom stereocenters. The van der Waals surface area contributed by atoms with Gasteiger partial charge in [-0.15, -0.1) is 11.3 Å². The van der Waals surface area contributed by atoms with Crippen molar-refractivity contribution in [2.75, 3.05) is 7.11 Å². The number of rotatable bonds is 2. The highest BCUT2D eigenvalue weighted by molar-refractivity contribution is 7.25. The molecular formula is C24H16N2OS. The zero-order valence-electron chi connectivity index (χ0n) is 15.2. The van der Waals surface area contributed by atoms with E-state index in [1.807, 2.05) is 41.8 Å². The maximum atomic E-state index is 5.50. The lowest BCUT2D eigenvalue weighted by Crippen LogP contribution is -1.96. The third kappa shape index (κ3) is 2.12. The van der Waals surface area contributed by atoms with Gasteiger partial charge in [-0.1, -0.05) is 24.3 Å². The summed E-state index contributed by atoms with van der Waals surface area (Å²) in [6, 6.07) is 25.5. The average molecular weight is 380 g/mol. The van der Waals surface area contributed by atoms with Gasteiger partial charge in [0.1, 0.15) is 11.6 Å². The van der Waals surface area contributed by atoms with Crippen molar-refractivity contribution in [3.8, 4) is 11.6 Å². The molecule has 6 aromatic rings. The second kappa shape index (κ2) is 5.81. The Labute approximate surface area is 165 Å². The summed E-state index contributed by atoms with van der Waals surface area (Å²) in [6.07, 6.45) is 1.84. The number of hydrogen-bond acceptors (Lipinski definition) is 3. The first-order chi connectivity index (χ1) is 13.8. The number of hydrogen-bond donors (Lipinski definition) is 0. The Morgan fingerprint density at radius 1 is 0.750 bits per heavy atom. The fraction of sp³-hybridized carbons (Fsp3) is 0.0417. The van der Waals surface area contributed by atoms with Crippen molar-refractivity contribution in [3.05, 3.63) is 79.0 Å². The summed E-state index contributed by atoms with van der Waals surface area (Å²) in [6.45, 7) is 0. The zero-order valence-corrected chi connectivity index (χ0v) is 16.0. The Morgan fingerprint density at radius 2 is 1.61 bits per heavy atom. The molecular weight excluding hydrogens is 364 g/mol. The van der Waals surface area contributed by atoms with Crippen LogP contribution >= 0.6 is 11.3 Å². The van der Waals surface area contributed by atoms with Gasteiger partial charge in [0.05, 0.1) is 18.1 Å². The van der Waals surface area contributed by atoms with E-state index in [1.165, 1.54) is 30.9 Å². The van der Waals surface area contributed by atoms with Crippen molar-refractivity contribution in [1.29, 1.82) is 0 Å². The topological polar surface area (TPSA) is 27.1 Å². The Morgan fingerprint density at radius 3 is 2.46 bits per heavy atom. The van der Waals surface area contributed by atoms with Gasteiger partial charge in [-0.05, 0) is 42.5 Å². The summed E-state index contributed by atoms with van der Waals surface area (Å²) in [5.74, 6) is 1.76. The molecule has 3 aromatic carbocycles. The van der Waals surface area contributed by atoms with E-state index in [1.54, 1.807) is 7.11 Å². The van der Waals surface area contributed by atoms with Crippen molar-refractivity contribution >= 4 is 53.3 Å². The number of aromatic nitrogens is 2. The van der Waals surface area contributed by atoms with Crippen molar-refractivity contribution in [3.63, 3.8) is 0 Å². The lowest BCUT2D eigenvalue weighted by Gasteiger charge is -2.07. The molecule has 0 saturated carbocycles. The molecule has 0 saturated heterocycles. The van der Waals surface area contributed by atoms with E-state index < -0.39 is 0 Å². The SMILES string of the molecule is COc1ccc2c3cc4sc5ccccc5c4cc3n(-c3ccccn3)c2c1. The van der Waals surface area contributed by atoms with Crippen LogP contribution in [-0.2, 0) is 0 Å². The molecule has 0 radical (unpaired) electrons. The van der Waals surface area contributed by atoms with E-state index in [0.29, 0.717) is 0 Å². The second-order valence-electron chi connectivity index (χ2n) is 6.87. The first-order valence-corrected chi connectivity index (χ1v) is 10.00. The van der Waals surface area contributed by atoms with Crippen molar-refractivity contribution in [2.24, 2.45) is 0 Å². The van der Waals surface area contributed by atoms with Crippen LogP contribution in [0, 0.1) is 0 Å². The highest BCUT2D eigenvalue weighted by Gasteiger charge is 2.16. The standard InChI is InChI=1S/C24H16N2OS/c1-27-15-9-10-16-18-14-23-19(17-6-2-3-7-22(17)28-23)13-21(18)26(20(16)12-15)24-8-4-5-11-25-24/h2-14H,1H3. The summed E-state index contributed by atoms with van der Waals surface area (Å²) in [5.41, 5.74) is 2.27. The van der Waals surface area contributed by atoms with Gasteiger partial charge in [0.2, 0.25) is 0 Å². The maximum absolute atomic E-state index is 5.50. The van der Waals surface area contributed by atoms with Crippen LogP contribution in [-0.4, -0.2) is 16.7 Å². The van der Waals surface area contributed by atoms with E-state index in [4.69, 9.17) is 4.74 Å². The van der Waals surface area contributed by atoms with Gasteiger partial charge >= 0.3 is 0 Å². The molecule has 0 bridgehead atoms. The molecule has 0 amide bonds. The third-order valence-electron chi connectivity index (χ3n) is 5.35. The molecule has 0 unspecified atom stereocenters. The molecule has 4 heteroatoms. The monoisotopic (exact) mass is 380 g/mol. The first kappa shape index (κ1) is 15.7. The van der Waals surface area contributed by atoms with Crippen LogP contribution in [0.2, 0.25) is 0 Å². The van der Waals surface area contributed by atoms with Gasteiger partial charge < -0.3 is 4.74 Å². The molecule has 0 fully saturated rings. The predicted molar refractivity (Wildman–Crippen MR) is 118 cm³/mol. The number of ether oxygens (including phenoxy) is 1. The molecule has 0 aliphatic carbocycles. The summed E-state index contributed by atoms with van der Waals surface area (Å²) >= 11 is 1.85. The fourth-order valence-electron chi connectivity index (χ4n) is 4.07. The van der Waals surface area contributed by atoms with Gasteiger partial charge in [-0.2, -0.15) is 0 Å². The van der Waals surface area contributed by atoms with Gasteiger partial charge in [0.25, 0.3) is 0 Å². The lowest BCUT2D eigenvalue weighted by molar-refractivity contribution is 0.415. The lowest BCUT2D eigenvalue weighted by atomic mass is 10.1. The van der Waals surface area contributed by atoms with Gasteiger partial charge in [0, 0.05) is 43.2 Å². The van der Waals surface area contributed by atoms with Crippen LogP contribution in [0.4, 0.5) is 0 Å². The molecule has 0 aliphatic rings. The minimum Gasteiger partial charge on any atom is -0.497 e. The Kier molecular flexibility index (Phi) is 3.25. The highest BCUT2D eigenvalue weighted by Crippen LogP contribution is 2.40. The third-order valence-corrected chi connectivity index (χ3v) is 6.48. The average Bonchev–Trinajstić information content (AvgIpc) is 3.27. The number of pyridine rings is 1. The van der Waals surface area contributed by atoms with Crippen molar-refractivity contribution < 1.29 is 4.74 Å². The number of methoxy groups -OCH3 is 1. The molecule has 0 N–H and O–H groups in total. The quantitative estimate of drug-likeness (QED) is 0.340. The normalized spacial score (nSPS) is 11.8. The minimum atomic E-state index is 0.847. The smallest absolute Gasteiger partial charge is 0.137 e. The van der Waals surface area contributed by atoms with Crippen LogP contribution in [0.15, 0.2) is 79.0 Å². The van der Waals surface area contributed by atoms with E-state index in [2.05, 4.69) is 58.1 Å². The van der Waals surface area contributed by atoms with Crippen LogP contribution < -0.4 is 4.74 Å². The van der Waals surface area contributed by atoms with Gasteiger partial charge in [-0.3, -0.25) is 4.57 Å². The molecule has 0 spiro atoms. The molecule has 3 aromatic heterocycles. The Bertz CT molecular complexity index is 1500. The van der Waals surface area contributed by atoms with E-state index in [0.717, 1.165) is 22.6 Å². The van der Waals surface area contributed by atoms with E-state index in [9.17, 15) is 0 Å². The molecule has 28 heavy (non-hydrogen) atoms. The Balaban J connectivity index is 1.83. The fourth-order valence-corrected chi connectivity index (χ4v) is 5.20. The van der Waals surface area contributed by atoms with E-state index in [-0.39, 0.29) is 0 Å². The molecule has 6 rings (SSSR count). The number of thiophene rings is 1. The van der Waals surface area contributed by atoms with Crippen LogP contribution in [0.3, 0.4) is 0 Å². The van der Waals surface area contributed by atoms with Crippen LogP contribution in [0.1, 0.15) is 0 Å². The first-order valence-electron chi connectivity index (χ1n) is 9.18. The Hall–Kier alpha value is -3.37. The predicted octanol–water partition coefficient (Wildman–Crippen LogP) is 6.56. The summed E-state index contributed by atoms with van der Waals surface area (Å²) < 4.78 is 10.4. The molecule has 134 valence electrons. The van der Waals surface area contributed by atoms with Crippen LogP contribution in [0.5, 0.6) is 5.75 Å². The van der Waals surface area contributed by atoms with Gasteiger partial charge in [0.15, 0.2) is 0 Å². The number of nitrogens with zero attached hydrogens (tertiary/aromatic N) is 2. The molecule has 3 heterocycles. The molecule has 3 nitrogen and oxygen atoms in total. The minimum absolute atomic E-state index is 0.847. The second-order valence-corrected chi connectivity index (χ2v) is 7.95. The summed E-state index contributed by atoms with van der Waals surface area (Å²) in [5, 5.41) is 5.04. The summed E-state index contributed by atoms with van der Waals surface area (Å²) in [7, 11) is 1.71. The number of fused-ring (bicyclic) bond motifs is 6. The van der Waals surface area contributed by atoms with E-state index >= 15 is 0 Å². The number of benzene rings is 3. The highest BCUT2D eigenvalue weighted by atomic mass is 32.1. The zero-order chi connectivity index (χ0) is 18.7.